The van der Waals surface area contributed by atoms with Crippen LogP contribution in [0.5, 0.6) is 0 Å². The van der Waals surface area contributed by atoms with Crippen LogP contribution in [-0.4, -0.2) is 35.4 Å². The van der Waals surface area contributed by atoms with E-state index in [1.54, 1.807) is 19.1 Å². The summed E-state index contributed by atoms with van der Waals surface area (Å²) in [6.07, 6.45) is -0.990. The third-order valence-electron chi connectivity index (χ3n) is 2.82. The van der Waals surface area contributed by atoms with Crippen LogP contribution >= 0.6 is 11.3 Å². The van der Waals surface area contributed by atoms with Crippen molar-refractivity contribution in [2.24, 2.45) is 0 Å². The van der Waals surface area contributed by atoms with Gasteiger partial charge in [-0.3, -0.25) is 4.79 Å². The molecule has 0 aliphatic rings. The van der Waals surface area contributed by atoms with Crippen molar-refractivity contribution >= 4 is 27.3 Å². The zero-order chi connectivity index (χ0) is 14.0. The minimum Gasteiger partial charge on any atom is -0.394 e. The van der Waals surface area contributed by atoms with E-state index in [1.165, 1.54) is 17.4 Å². The fraction of sp³-hybridized carbons (Fsp3) is 0.308. The van der Waals surface area contributed by atoms with Gasteiger partial charge in [-0.05, 0) is 24.6 Å². The lowest BCUT2D eigenvalue weighted by Crippen LogP contribution is -2.33. The van der Waals surface area contributed by atoms with Crippen molar-refractivity contribution in [1.82, 2.24) is 5.32 Å². The fourth-order valence-corrected chi connectivity index (χ4v) is 2.96. The molecule has 102 valence electrons. The van der Waals surface area contributed by atoms with Crippen LogP contribution in [0.2, 0.25) is 0 Å². The molecule has 0 radical (unpaired) electrons. The van der Waals surface area contributed by atoms with Crippen molar-refractivity contribution in [2.75, 3.05) is 13.2 Å². The monoisotopic (exact) mass is 283 g/mol. The van der Waals surface area contributed by atoms with Crippen LogP contribution in [-0.2, 0) is 0 Å². The van der Waals surface area contributed by atoms with E-state index in [4.69, 9.17) is 5.11 Å². The molecule has 2 rings (SSSR count). The van der Waals surface area contributed by atoms with E-state index in [2.05, 4.69) is 5.32 Å². The van der Waals surface area contributed by atoms with E-state index in [9.17, 15) is 14.3 Å². The molecule has 3 N–H and O–H groups in total. The smallest absolute Gasteiger partial charge is 0.261 e. The quantitative estimate of drug-likeness (QED) is 0.795. The highest BCUT2D eigenvalue weighted by molar-refractivity contribution is 7.21. The number of thiophene rings is 1. The van der Waals surface area contributed by atoms with E-state index < -0.39 is 12.7 Å². The second-order valence-electron chi connectivity index (χ2n) is 4.22. The Morgan fingerprint density at radius 1 is 1.53 bits per heavy atom. The summed E-state index contributed by atoms with van der Waals surface area (Å²) in [5, 5.41) is 20.8. The molecule has 0 aliphatic heterocycles. The number of carbonyl (C=O) groups excluding carboxylic acids is 1. The SMILES string of the molecule is Cc1c(C(=O)NCC(O)CO)sc2cccc(F)c12. The second-order valence-corrected chi connectivity index (χ2v) is 5.27. The Hall–Kier alpha value is -1.50. The van der Waals surface area contributed by atoms with E-state index in [0.717, 1.165) is 0 Å². The van der Waals surface area contributed by atoms with Crippen molar-refractivity contribution in [3.05, 3.63) is 34.5 Å². The lowest BCUT2D eigenvalue weighted by Gasteiger charge is -2.08. The average Bonchev–Trinajstić information content (AvgIpc) is 2.74. The Morgan fingerprint density at radius 2 is 2.26 bits per heavy atom. The molecule has 0 aliphatic carbocycles. The molecule has 19 heavy (non-hydrogen) atoms. The first-order valence-corrected chi connectivity index (χ1v) is 6.61. The molecule has 0 spiro atoms. The first kappa shape index (κ1) is 13.9. The maximum absolute atomic E-state index is 13.7. The topological polar surface area (TPSA) is 69.6 Å². The molecule has 0 bridgehead atoms. The molecule has 0 saturated heterocycles. The van der Waals surface area contributed by atoms with Gasteiger partial charge in [0.05, 0.1) is 17.6 Å². The average molecular weight is 283 g/mol. The van der Waals surface area contributed by atoms with Gasteiger partial charge in [-0.15, -0.1) is 11.3 Å². The van der Waals surface area contributed by atoms with Crippen molar-refractivity contribution < 1.29 is 19.4 Å². The number of amides is 1. The number of fused-ring (bicyclic) bond motifs is 1. The summed E-state index contributed by atoms with van der Waals surface area (Å²) in [5.41, 5.74) is 0.592. The third kappa shape index (κ3) is 2.75. The minimum atomic E-state index is -0.990. The summed E-state index contributed by atoms with van der Waals surface area (Å²) in [6, 6.07) is 4.72. The first-order chi connectivity index (χ1) is 9.04. The van der Waals surface area contributed by atoms with Crippen LogP contribution in [0.25, 0.3) is 10.1 Å². The van der Waals surface area contributed by atoms with Gasteiger partial charge in [0, 0.05) is 16.6 Å². The van der Waals surface area contributed by atoms with Gasteiger partial charge in [0.2, 0.25) is 0 Å². The highest BCUT2D eigenvalue weighted by atomic mass is 32.1. The second kappa shape index (κ2) is 5.64. The molecule has 1 heterocycles. The highest BCUT2D eigenvalue weighted by Gasteiger charge is 2.18. The molecular weight excluding hydrogens is 269 g/mol. The molecule has 1 unspecified atom stereocenters. The maximum Gasteiger partial charge on any atom is 0.261 e. The van der Waals surface area contributed by atoms with Crippen molar-refractivity contribution in [3.8, 4) is 0 Å². The number of halogens is 1. The van der Waals surface area contributed by atoms with Crippen molar-refractivity contribution in [2.45, 2.75) is 13.0 Å². The molecule has 1 atom stereocenters. The zero-order valence-electron chi connectivity index (χ0n) is 10.3. The summed E-state index contributed by atoms with van der Waals surface area (Å²) in [5.74, 6) is -0.716. The third-order valence-corrected chi connectivity index (χ3v) is 4.07. The van der Waals surface area contributed by atoms with Gasteiger partial charge in [0.25, 0.3) is 5.91 Å². The summed E-state index contributed by atoms with van der Waals surface area (Å²) < 4.78 is 14.4. The predicted molar refractivity (Wildman–Crippen MR) is 71.9 cm³/mol. The number of benzene rings is 1. The lowest BCUT2D eigenvalue weighted by molar-refractivity contribution is 0.0804. The molecule has 0 saturated carbocycles. The number of rotatable bonds is 4. The van der Waals surface area contributed by atoms with Crippen LogP contribution in [0.3, 0.4) is 0 Å². The fourth-order valence-electron chi connectivity index (χ4n) is 1.83. The summed E-state index contributed by atoms with van der Waals surface area (Å²) in [6.45, 7) is 1.24. The minimum absolute atomic E-state index is 0.0362. The Labute approximate surface area is 113 Å². The highest BCUT2D eigenvalue weighted by Crippen LogP contribution is 2.32. The van der Waals surface area contributed by atoms with Gasteiger partial charge in [-0.1, -0.05) is 6.07 Å². The van der Waals surface area contributed by atoms with E-state index in [0.29, 0.717) is 20.5 Å². The summed E-state index contributed by atoms with van der Waals surface area (Å²) in [7, 11) is 0. The molecule has 4 nitrogen and oxygen atoms in total. The molecule has 1 amide bonds. The molecule has 1 aromatic heterocycles. The number of aliphatic hydroxyl groups is 2. The van der Waals surface area contributed by atoms with Gasteiger partial charge in [-0.25, -0.2) is 4.39 Å². The van der Waals surface area contributed by atoms with Crippen LogP contribution < -0.4 is 5.32 Å². The number of aliphatic hydroxyl groups excluding tert-OH is 2. The van der Waals surface area contributed by atoms with Crippen LogP contribution in [0, 0.1) is 12.7 Å². The van der Waals surface area contributed by atoms with E-state index in [1.807, 2.05) is 0 Å². The number of carbonyl (C=O) groups is 1. The summed E-state index contributed by atoms with van der Waals surface area (Å²) >= 11 is 1.21. The Kier molecular flexibility index (Phi) is 4.14. The number of hydrogen-bond acceptors (Lipinski definition) is 4. The Bertz CT molecular complexity index is 611. The molecular formula is C13H14FNO3S. The van der Waals surface area contributed by atoms with Gasteiger partial charge >= 0.3 is 0 Å². The zero-order valence-corrected chi connectivity index (χ0v) is 11.1. The summed E-state index contributed by atoms with van der Waals surface area (Å²) in [4.78, 5) is 12.4. The predicted octanol–water partition coefficient (Wildman–Crippen LogP) is 1.43. The van der Waals surface area contributed by atoms with Gasteiger partial charge in [0.1, 0.15) is 5.82 Å². The number of nitrogens with one attached hydrogen (secondary N) is 1. The molecule has 2 aromatic rings. The van der Waals surface area contributed by atoms with Crippen molar-refractivity contribution in [3.63, 3.8) is 0 Å². The largest absolute Gasteiger partial charge is 0.394 e. The Balaban J connectivity index is 2.28. The molecule has 1 aromatic carbocycles. The molecule has 0 fully saturated rings. The number of aryl methyl sites for hydroxylation is 1. The molecule has 6 heteroatoms. The van der Waals surface area contributed by atoms with Crippen molar-refractivity contribution in [1.29, 1.82) is 0 Å². The van der Waals surface area contributed by atoms with Crippen LogP contribution in [0.15, 0.2) is 18.2 Å². The van der Waals surface area contributed by atoms with Gasteiger partial charge in [-0.2, -0.15) is 0 Å². The van der Waals surface area contributed by atoms with E-state index >= 15 is 0 Å². The standard InChI is InChI=1S/C13H14FNO3S/c1-7-11-9(14)3-2-4-10(11)19-12(7)13(18)15-5-8(17)6-16/h2-4,8,16-17H,5-6H2,1H3,(H,15,18). The van der Waals surface area contributed by atoms with Crippen LogP contribution in [0.1, 0.15) is 15.2 Å². The van der Waals surface area contributed by atoms with Gasteiger partial charge < -0.3 is 15.5 Å². The lowest BCUT2D eigenvalue weighted by atomic mass is 10.1. The normalized spacial score (nSPS) is 12.6. The van der Waals surface area contributed by atoms with E-state index in [-0.39, 0.29) is 18.3 Å². The Morgan fingerprint density at radius 3 is 2.89 bits per heavy atom. The van der Waals surface area contributed by atoms with Crippen LogP contribution in [0.4, 0.5) is 4.39 Å². The van der Waals surface area contributed by atoms with Gasteiger partial charge in [0.15, 0.2) is 0 Å². The maximum atomic E-state index is 13.7. The number of hydrogen-bond donors (Lipinski definition) is 3. The first-order valence-electron chi connectivity index (χ1n) is 5.79.